The van der Waals surface area contributed by atoms with Gasteiger partial charge in [0.2, 0.25) is 0 Å². The third-order valence-corrected chi connectivity index (χ3v) is 2.44. The van der Waals surface area contributed by atoms with Crippen molar-refractivity contribution in [1.82, 2.24) is 0 Å². The molecule has 1 aromatic rings. The van der Waals surface area contributed by atoms with Crippen molar-refractivity contribution in [1.29, 1.82) is 0 Å². The first-order valence-electron chi connectivity index (χ1n) is 3.59. The molecule has 0 saturated carbocycles. The Kier molecular flexibility index (Phi) is 3.07. The summed E-state index contributed by atoms with van der Waals surface area (Å²) in [4.78, 5) is 10.5. The molecule has 14 heavy (non-hydrogen) atoms. The highest BCUT2D eigenvalue weighted by atomic mass is 79.9. The third kappa shape index (κ3) is 2.02. The Labute approximate surface area is 87.3 Å². The summed E-state index contributed by atoms with van der Waals surface area (Å²) in [5.41, 5.74) is 5.24. The fraction of sp³-hybridized carbons (Fsp3) is 0.125. The minimum Gasteiger partial charge on any atom is -0.507 e. The molecule has 4 nitrogen and oxygen atoms in total. The molecule has 1 rings (SSSR count). The number of carboxylic acids is 1. The molecule has 0 aliphatic carbocycles. The second-order valence-corrected chi connectivity index (χ2v) is 3.44. The van der Waals surface area contributed by atoms with Gasteiger partial charge in [0.05, 0.1) is 4.47 Å². The summed E-state index contributed by atoms with van der Waals surface area (Å²) >= 11 is 2.79. The molecular weight excluding hydrogens is 257 g/mol. The second-order valence-electron chi connectivity index (χ2n) is 2.65. The van der Waals surface area contributed by atoms with E-state index in [0.29, 0.717) is 0 Å². The SMILES string of the molecule is NC(C(=O)O)c1cc(O)c(Br)c(F)c1. The van der Waals surface area contributed by atoms with Crippen LogP contribution in [0.5, 0.6) is 5.75 Å². The van der Waals surface area contributed by atoms with E-state index in [1.165, 1.54) is 0 Å². The molecule has 0 spiro atoms. The Balaban J connectivity index is 3.19. The van der Waals surface area contributed by atoms with E-state index in [4.69, 9.17) is 10.8 Å². The van der Waals surface area contributed by atoms with Gasteiger partial charge in [0, 0.05) is 0 Å². The topological polar surface area (TPSA) is 83.6 Å². The van der Waals surface area contributed by atoms with E-state index in [-0.39, 0.29) is 15.8 Å². The van der Waals surface area contributed by atoms with Crippen LogP contribution >= 0.6 is 15.9 Å². The predicted octanol–water partition coefficient (Wildman–Crippen LogP) is 1.38. The molecule has 0 amide bonds. The van der Waals surface area contributed by atoms with Crippen LogP contribution in [0.2, 0.25) is 0 Å². The maximum atomic E-state index is 13.0. The maximum Gasteiger partial charge on any atom is 0.325 e. The molecule has 0 aliphatic heterocycles. The Bertz CT molecular complexity index is 360. The van der Waals surface area contributed by atoms with Crippen LogP contribution in [0.25, 0.3) is 0 Å². The van der Waals surface area contributed by atoms with E-state index in [2.05, 4.69) is 15.9 Å². The van der Waals surface area contributed by atoms with Crippen molar-refractivity contribution in [2.24, 2.45) is 5.73 Å². The third-order valence-electron chi connectivity index (χ3n) is 1.66. The lowest BCUT2D eigenvalue weighted by Gasteiger charge is -2.08. The van der Waals surface area contributed by atoms with Gasteiger partial charge in [-0.25, -0.2) is 4.39 Å². The lowest BCUT2D eigenvalue weighted by atomic mass is 10.1. The molecule has 0 fully saturated rings. The fourth-order valence-corrected chi connectivity index (χ4v) is 1.15. The van der Waals surface area contributed by atoms with Crippen molar-refractivity contribution in [2.45, 2.75) is 6.04 Å². The molecule has 76 valence electrons. The van der Waals surface area contributed by atoms with Crippen LogP contribution in [0.4, 0.5) is 4.39 Å². The lowest BCUT2D eigenvalue weighted by molar-refractivity contribution is -0.138. The number of hydrogen-bond acceptors (Lipinski definition) is 3. The highest BCUT2D eigenvalue weighted by molar-refractivity contribution is 9.10. The summed E-state index contributed by atoms with van der Waals surface area (Å²) < 4.78 is 12.9. The number of hydrogen-bond donors (Lipinski definition) is 3. The van der Waals surface area contributed by atoms with Crippen LogP contribution in [0.1, 0.15) is 11.6 Å². The van der Waals surface area contributed by atoms with Gasteiger partial charge in [0.1, 0.15) is 17.6 Å². The van der Waals surface area contributed by atoms with E-state index < -0.39 is 17.8 Å². The molecule has 0 heterocycles. The fourth-order valence-electron chi connectivity index (χ4n) is 0.917. The largest absolute Gasteiger partial charge is 0.507 e. The molecule has 1 aromatic carbocycles. The van der Waals surface area contributed by atoms with E-state index in [0.717, 1.165) is 12.1 Å². The van der Waals surface area contributed by atoms with Crippen LogP contribution in [0.3, 0.4) is 0 Å². The zero-order valence-corrected chi connectivity index (χ0v) is 8.45. The average molecular weight is 264 g/mol. The first kappa shape index (κ1) is 10.9. The van der Waals surface area contributed by atoms with Gasteiger partial charge >= 0.3 is 5.97 Å². The number of aromatic hydroxyl groups is 1. The number of carboxylic acid groups (broad SMARTS) is 1. The van der Waals surface area contributed by atoms with E-state index in [1.54, 1.807) is 0 Å². The summed E-state index contributed by atoms with van der Waals surface area (Å²) in [5.74, 6) is -2.42. The lowest BCUT2D eigenvalue weighted by Crippen LogP contribution is -2.20. The van der Waals surface area contributed by atoms with Crippen LogP contribution < -0.4 is 5.73 Å². The second kappa shape index (κ2) is 3.93. The van der Waals surface area contributed by atoms with Crippen LogP contribution in [0.15, 0.2) is 16.6 Å². The van der Waals surface area contributed by atoms with Crippen molar-refractivity contribution in [3.05, 3.63) is 28.0 Å². The molecular formula is C8H7BrFNO3. The van der Waals surface area contributed by atoms with Crippen molar-refractivity contribution in [3.8, 4) is 5.75 Å². The number of nitrogens with two attached hydrogens (primary N) is 1. The zero-order valence-electron chi connectivity index (χ0n) is 6.87. The van der Waals surface area contributed by atoms with E-state index in [9.17, 15) is 14.3 Å². The number of phenols is 1. The summed E-state index contributed by atoms with van der Waals surface area (Å²) in [6.45, 7) is 0. The molecule has 6 heteroatoms. The minimum absolute atomic E-state index is 0.00991. The van der Waals surface area contributed by atoms with Crippen molar-refractivity contribution < 1.29 is 19.4 Å². The Hall–Kier alpha value is -1.14. The summed E-state index contributed by atoms with van der Waals surface area (Å²) in [6, 6.07) is 0.720. The maximum absolute atomic E-state index is 13.0. The number of aliphatic carboxylic acids is 1. The van der Waals surface area contributed by atoms with E-state index in [1.807, 2.05) is 0 Å². The standard InChI is InChI=1S/C8H7BrFNO3/c9-6-4(10)1-3(2-5(6)12)7(11)8(13)14/h1-2,7,12H,11H2,(H,13,14). The molecule has 0 aliphatic rings. The number of carbonyl (C=O) groups is 1. The summed E-state index contributed by atoms with van der Waals surface area (Å²) in [6.07, 6.45) is 0. The molecule has 0 bridgehead atoms. The number of benzene rings is 1. The Morgan fingerprint density at radius 2 is 2.14 bits per heavy atom. The quantitative estimate of drug-likeness (QED) is 0.753. The van der Waals surface area contributed by atoms with Crippen LogP contribution in [-0.4, -0.2) is 16.2 Å². The van der Waals surface area contributed by atoms with Crippen LogP contribution in [0, 0.1) is 5.82 Å². The van der Waals surface area contributed by atoms with Crippen molar-refractivity contribution in [2.75, 3.05) is 0 Å². The smallest absolute Gasteiger partial charge is 0.325 e. The van der Waals surface area contributed by atoms with Gasteiger partial charge in [0.15, 0.2) is 0 Å². The molecule has 0 saturated heterocycles. The summed E-state index contributed by atoms with van der Waals surface area (Å²) in [7, 11) is 0. The highest BCUT2D eigenvalue weighted by Gasteiger charge is 2.17. The van der Waals surface area contributed by atoms with Gasteiger partial charge in [-0.1, -0.05) is 0 Å². The average Bonchev–Trinajstić information content (AvgIpc) is 2.12. The van der Waals surface area contributed by atoms with Crippen LogP contribution in [-0.2, 0) is 4.79 Å². The van der Waals surface area contributed by atoms with Gasteiger partial charge in [0.25, 0.3) is 0 Å². The minimum atomic E-state index is -1.34. The first-order valence-corrected chi connectivity index (χ1v) is 4.39. The van der Waals surface area contributed by atoms with Gasteiger partial charge in [-0.05, 0) is 33.6 Å². The summed E-state index contributed by atoms with van der Waals surface area (Å²) in [5, 5.41) is 17.7. The van der Waals surface area contributed by atoms with Crippen molar-refractivity contribution >= 4 is 21.9 Å². The molecule has 1 unspecified atom stereocenters. The van der Waals surface area contributed by atoms with Gasteiger partial charge < -0.3 is 15.9 Å². The molecule has 0 radical (unpaired) electrons. The van der Waals surface area contributed by atoms with Gasteiger partial charge in [-0.2, -0.15) is 0 Å². The Morgan fingerprint density at radius 1 is 1.57 bits per heavy atom. The molecule has 1 atom stereocenters. The Morgan fingerprint density at radius 3 is 2.57 bits per heavy atom. The van der Waals surface area contributed by atoms with Gasteiger partial charge in [-0.15, -0.1) is 0 Å². The molecule has 4 N–H and O–H groups in total. The van der Waals surface area contributed by atoms with E-state index >= 15 is 0 Å². The predicted molar refractivity (Wildman–Crippen MR) is 50.3 cm³/mol. The van der Waals surface area contributed by atoms with Crippen molar-refractivity contribution in [3.63, 3.8) is 0 Å². The molecule has 0 aromatic heterocycles. The monoisotopic (exact) mass is 263 g/mol. The van der Waals surface area contributed by atoms with Gasteiger partial charge in [-0.3, -0.25) is 4.79 Å². The number of halogens is 2. The highest BCUT2D eigenvalue weighted by Crippen LogP contribution is 2.29. The number of phenolic OH excluding ortho intramolecular Hbond substituents is 1. The number of rotatable bonds is 2. The normalized spacial score (nSPS) is 12.5. The zero-order chi connectivity index (χ0) is 10.9. The first-order chi connectivity index (χ1) is 6.43.